The van der Waals surface area contributed by atoms with Gasteiger partial charge in [0.1, 0.15) is 0 Å². The van der Waals surface area contributed by atoms with E-state index in [4.69, 9.17) is 4.74 Å². The number of rotatable bonds is 7. The lowest BCUT2D eigenvalue weighted by atomic mass is 10.1. The van der Waals surface area contributed by atoms with Crippen LogP contribution >= 0.6 is 0 Å². The fraction of sp³-hybridized carbons (Fsp3) is 0.733. The fourth-order valence-electron chi connectivity index (χ4n) is 2.67. The van der Waals surface area contributed by atoms with Crippen LogP contribution in [0.4, 0.5) is 10.5 Å². The third kappa shape index (κ3) is 4.71. The van der Waals surface area contributed by atoms with Gasteiger partial charge in [0.05, 0.1) is 25.0 Å². The first-order chi connectivity index (χ1) is 10.6. The molecule has 0 bridgehead atoms. The summed E-state index contributed by atoms with van der Waals surface area (Å²) in [6, 6.07) is -0.0343. The second-order valence-electron chi connectivity index (χ2n) is 5.87. The van der Waals surface area contributed by atoms with E-state index in [1.165, 1.54) is 0 Å². The van der Waals surface area contributed by atoms with Crippen molar-refractivity contribution in [3.63, 3.8) is 0 Å². The minimum absolute atomic E-state index is 0.0343. The first-order valence-corrected chi connectivity index (χ1v) is 7.88. The van der Waals surface area contributed by atoms with Crippen LogP contribution in [-0.2, 0) is 11.3 Å². The van der Waals surface area contributed by atoms with E-state index in [0.29, 0.717) is 19.1 Å². The molecule has 1 atom stereocenters. The fourth-order valence-corrected chi connectivity index (χ4v) is 2.67. The molecule has 1 fully saturated rings. The van der Waals surface area contributed by atoms with Crippen molar-refractivity contribution < 1.29 is 9.53 Å². The smallest absolute Gasteiger partial charge is 0.321 e. The maximum atomic E-state index is 12.3. The van der Waals surface area contributed by atoms with Gasteiger partial charge < -0.3 is 19.9 Å². The van der Waals surface area contributed by atoms with Gasteiger partial charge in [0.15, 0.2) is 0 Å². The zero-order valence-corrected chi connectivity index (χ0v) is 13.8. The first kappa shape index (κ1) is 16.8. The molecule has 0 saturated carbocycles. The summed E-state index contributed by atoms with van der Waals surface area (Å²) >= 11 is 0. The number of nitrogens with one attached hydrogen (secondary N) is 1. The Bertz CT molecular complexity index is 476. The summed E-state index contributed by atoms with van der Waals surface area (Å²) in [4.78, 5) is 16.5. The van der Waals surface area contributed by atoms with Gasteiger partial charge in [0.25, 0.3) is 0 Å². The number of hydrogen-bond donors (Lipinski definition) is 1. The van der Waals surface area contributed by atoms with Crippen LogP contribution in [0.3, 0.4) is 0 Å². The Hall–Kier alpha value is -1.60. The van der Waals surface area contributed by atoms with E-state index in [2.05, 4.69) is 29.3 Å². The monoisotopic (exact) mass is 309 g/mol. The van der Waals surface area contributed by atoms with Crippen LogP contribution in [0, 0.1) is 5.92 Å². The van der Waals surface area contributed by atoms with E-state index < -0.39 is 0 Å². The largest absolute Gasteiger partial charge is 0.383 e. The number of ether oxygens (including phenoxy) is 1. The number of anilines is 1. The number of likely N-dealkylation sites (tertiary alicyclic amines) is 1. The average Bonchev–Trinajstić information content (AvgIpc) is 3.14. The summed E-state index contributed by atoms with van der Waals surface area (Å²) in [5.74, 6) is 0.570. The van der Waals surface area contributed by atoms with E-state index in [9.17, 15) is 4.79 Å². The summed E-state index contributed by atoms with van der Waals surface area (Å²) < 4.78 is 6.78. The summed E-state index contributed by atoms with van der Waals surface area (Å²) in [6.07, 6.45) is 4.58. The second-order valence-corrected chi connectivity index (χ2v) is 5.87. The van der Waals surface area contributed by atoms with Crippen LogP contribution in [0.5, 0.6) is 0 Å². The summed E-state index contributed by atoms with van der Waals surface area (Å²) in [5, 5.41) is 7.11. The molecular weight excluding hydrogens is 282 g/mol. The van der Waals surface area contributed by atoms with Crippen LogP contribution in [0.2, 0.25) is 0 Å². The molecule has 22 heavy (non-hydrogen) atoms. The highest BCUT2D eigenvalue weighted by Gasteiger charge is 2.26. The van der Waals surface area contributed by atoms with Gasteiger partial charge in [-0.05, 0) is 25.9 Å². The molecule has 7 nitrogen and oxygen atoms in total. The third-order valence-corrected chi connectivity index (χ3v) is 4.09. The highest BCUT2D eigenvalue weighted by Crippen LogP contribution is 2.18. The van der Waals surface area contributed by atoms with E-state index >= 15 is 0 Å². The van der Waals surface area contributed by atoms with E-state index in [-0.39, 0.29) is 6.03 Å². The number of hydrogen-bond acceptors (Lipinski definition) is 4. The van der Waals surface area contributed by atoms with E-state index in [1.807, 2.05) is 11.1 Å². The number of aromatic nitrogens is 2. The van der Waals surface area contributed by atoms with Crippen molar-refractivity contribution in [2.75, 3.05) is 52.3 Å². The second kappa shape index (κ2) is 8.14. The number of nitrogens with zero attached hydrogens (tertiary/aromatic N) is 4. The predicted octanol–water partition coefficient (Wildman–Crippen LogP) is 1.33. The van der Waals surface area contributed by atoms with Gasteiger partial charge in [0, 0.05) is 32.9 Å². The van der Waals surface area contributed by atoms with Crippen molar-refractivity contribution in [2.24, 2.45) is 5.92 Å². The number of methoxy groups -OCH3 is 1. The standard InChI is InChI=1S/C15H27N5O2/c1-4-18(2)10-13-5-6-19(11-13)15(21)17-14-9-16-20(12-14)7-8-22-3/h9,12-13H,4-8,10-11H2,1-3H3,(H,17,21). The van der Waals surface area contributed by atoms with Crippen molar-refractivity contribution in [1.29, 1.82) is 0 Å². The molecule has 0 aliphatic carbocycles. The topological polar surface area (TPSA) is 62.6 Å². The summed E-state index contributed by atoms with van der Waals surface area (Å²) in [6.45, 7) is 7.19. The maximum absolute atomic E-state index is 12.3. The van der Waals surface area contributed by atoms with Crippen LogP contribution in [-0.4, -0.2) is 72.6 Å². The summed E-state index contributed by atoms with van der Waals surface area (Å²) in [7, 11) is 3.78. The van der Waals surface area contributed by atoms with Gasteiger partial charge in [-0.2, -0.15) is 5.10 Å². The van der Waals surface area contributed by atoms with Gasteiger partial charge in [-0.3, -0.25) is 4.68 Å². The molecule has 1 aliphatic heterocycles. The Labute approximate surface area is 132 Å². The van der Waals surface area contributed by atoms with Crippen molar-refractivity contribution in [1.82, 2.24) is 19.6 Å². The molecule has 124 valence electrons. The Kier molecular flexibility index (Phi) is 6.21. The molecule has 1 aromatic rings. The molecule has 1 N–H and O–H groups in total. The molecule has 0 spiro atoms. The maximum Gasteiger partial charge on any atom is 0.321 e. The lowest BCUT2D eigenvalue weighted by Gasteiger charge is -2.20. The van der Waals surface area contributed by atoms with E-state index in [0.717, 1.165) is 38.3 Å². The first-order valence-electron chi connectivity index (χ1n) is 7.88. The van der Waals surface area contributed by atoms with Gasteiger partial charge in [-0.1, -0.05) is 6.92 Å². The van der Waals surface area contributed by atoms with Gasteiger partial charge in [0.2, 0.25) is 0 Å². The molecule has 1 aromatic heterocycles. The van der Waals surface area contributed by atoms with Gasteiger partial charge >= 0.3 is 6.03 Å². The Morgan fingerprint density at radius 1 is 1.59 bits per heavy atom. The lowest BCUT2D eigenvalue weighted by molar-refractivity contribution is 0.183. The molecule has 2 rings (SSSR count). The van der Waals surface area contributed by atoms with E-state index in [1.54, 1.807) is 18.0 Å². The molecule has 1 aliphatic rings. The highest BCUT2D eigenvalue weighted by molar-refractivity contribution is 5.89. The van der Waals surface area contributed by atoms with Crippen LogP contribution in [0.15, 0.2) is 12.4 Å². The number of amides is 2. The van der Waals surface area contributed by atoms with Crippen molar-refractivity contribution in [3.05, 3.63) is 12.4 Å². The molecule has 2 amide bonds. The lowest BCUT2D eigenvalue weighted by Crippen LogP contribution is -2.34. The Morgan fingerprint density at radius 3 is 3.14 bits per heavy atom. The van der Waals surface area contributed by atoms with Crippen molar-refractivity contribution in [3.8, 4) is 0 Å². The molecule has 2 heterocycles. The third-order valence-electron chi connectivity index (χ3n) is 4.09. The van der Waals surface area contributed by atoms with Crippen molar-refractivity contribution in [2.45, 2.75) is 19.9 Å². The number of carbonyl (C=O) groups excluding carboxylic acids is 1. The SMILES string of the molecule is CCN(C)CC1CCN(C(=O)Nc2cnn(CCOC)c2)C1. The van der Waals surface area contributed by atoms with Crippen LogP contribution in [0.1, 0.15) is 13.3 Å². The minimum atomic E-state index is -0.0343. The molecule has 0 radical (unpaired) electrons. The number of carbonyl (C=O) groups is 1. The molecular formula is C15H27N5O2. The summed E-state index contributed by atoms with van der Waals surface area (Å²) in [5.41, 5.74) is 0.732. The normalized spacial score (nSPS) is 18.2. The minimum Gasteiger partial charge on any atom is -0.383 e. The highest BCUT2D eigenvalue weighted by atomic mass is 16.5. The van der Waals surface area contributed by atoms with Gasteiger partial charge in [-0.15, -0.1) is 0 Å². The van der Waals surface area contributed by atoms with Crippen LogP contribution < -0.4 is 5.32 Å². The quantitative estimate of drug-likeness (QED) is 0.825. The van der Waals surface area contributed by atoms with Crippen LogP contribution in [0.25, 0.3) is 0 Å². The zero-order valence-electron chi connectivity index (χ0n) is 13.8. The zero-order chi connectivity index (χ0) is 15.9. The predicted molar refractivity (Wildman–Crippen MR) is 86.0 cm³/mol. The Balaban J connectivity index is 1.79. The molecule has 7 heteroatoms. The molecule has 1 saturated heterocycles. The van der Waals surface area contributed by atoms with Crippen molar-refractivity contribution >= 4 is 11.7 Å². The number of urea groups is 1. The van der Waals surface area contributed by atoms with Gasteiger partial charge in [-0.25, -0.2) is 4.79 Å². The molecule has 0 aromatic carbocycles. The Morgan fingerprint density at radius 2 is 2.41 bits per heavy atom. The average molecular weight is 309 g/mol. The molecule has 1 unspecified atom stereocenters.